The monoisotopic (exact) mass is 263 g/mol. The number of para-hydroxylation sites is 1. The van der Waals surface area contributed by atoms with Crippen LogP contribution in [0.2, 0.25) is 0 Å². The normalized spacial score (nSPS) is 27.5. The predicted octanol–water partition coefficient (Wildman–Crippen LogP) is 5.44. The maximum Gasteiger partial charge on any atom is 0.0461 e. The fourth-order valence-corrected chi connectivity index (χ4v) is 2.87. The average Bonchev–Trinajstić information content (AvgIpc) is 2.81. The van der Waals surface area contributed by atoms with Gasteiger partial charge in [0.15, 0.2) is 0 Å². The van der Waals surface area contributed by atoms with E-state index in [-0.39, 0.29) is 0 Å². The third kappa shape index (κ3) is 2.49. The molecule has 102 valence electrons. The van der Waals surface area contributed by atoms with E-state index in [4.69, 9.17) is 0 Å². The second-order valence-electron chi connectivity index (χ2n) is 5.60. The average molecular weight is 263 g/mol. The lowest BCUT2D eigenvalue weighted by Crippen LogP contribution is -1.91. The molecule has 1 aromatic heterocycles. The Kier molecular flexibility index (Phi) is 3.60. The second-order valence-corrected chi connectivity index (χ2v) is 5.60. The minimum absolute atomic E-state index is 0.424. The van der Waals surface area contributed by atoms with E-state index in [0.29, 0.717) is 11.8 Å². The van der Waals surface area contributed by atoms with Gasteiger partial charge in [-0.25, -0.2) is 0 Å². The summed E-state index contributed by atoms with van der Waals surface area (Å²) in [6, 6.07) is 8.57. The van der Waals surface area contributed by atoms with Crippen molar-refractivity contribution in [3.8, 4) is 0 Å². The van der Waals surface area contributed by atoms with Crippen molar-refractivity contribution in [2.75, 3.05) is 0 Å². The van der Waals surface area contributed by atoms with Crippen molar-refractivity contribution in [1.82, 2.24) is 4.98 Å². The van der Waals surface area contributed by atoms with Gasteiger partial charge in [-0.05, 0) is 30.0 Å². The van der Waals surface area contributed by atoms with Crippen LogP contribution in [0.5, 0.6) is 0 Å². The molecule has 1 heterocycles. The zero-order valence-corrected chi connectivity index (χ0v) is 12.1. The summed E-state index contributed by atoms with van der Waals surface area (Å²) in [5.41, 5.74) is 3.87. The van der Waals surface area contributed by atoms with E-state index < -0.39 is 0 Å². The summed E-state index contributed by atoms with van der Waals surface area (Å²) >= 11 is 0. The van der Waals surface area contributed by atoms with Gasteiger partial charge in [0.1, 0.15) is 0 Å². The molecule has 1 aliphatic rings. The molecular weight excluding hydrogens is 242 g/mol. The highest BCUT2D eigenvalue weighted by atomic mass is 14.7. The molecule has 0 spiro atoms. The summed E-state index contributed by atoms with van der Waals surface area (Å²) in [5, 5.41) is 1.34. The first-order valence-corrected chi connectivity index (χ1v) is 7.38. The fourth-order valence-electron chi connectivity index (χ4n) is 2.87. The Balaban J connectivity index is 2.18. The Morgan fingerprint density at radius 3 is 2.70 bits per heavy atom. The highest BCUT2D eigenvalue weighted by Crippen LogP contribution is 2.31. The number of aromatic amines is 1. The van der Waals surface area contributed by atoms with E-state index in [1.54, 1.807) is 0 Å². The molecule has 20 heavy (non-hydrogen) atoms. The summed E-state index contributed by atoms with van der Waals surface area (Å²) in [7, 11) is 0. The van der Waals surface area contributed by atoms with E-state index in [0.717, 1.165) is 6.42 Å². The van der Waals surface area contributed by atoms with Crippen LogP contribution in [0.1, 0.15) is 37.4 Å². The highest BCUT2D eigenvalue weighted by Gasteiger charge is 2.14. The van der Waals surface area contributed by atoms with Crippen molar-refractivity contribution in [2.45, 2.75) is 26.2 Å². The summed E-state index contributed by atoms with van der Waals surface area (Å²) in [6.45, 7) is 4.49. The lowest BCUT2D eigenvalue weighted by molar-refractivity contribution is 0.939. The first-order valence-electron chi connectivity index (χ1n) is 7.38. The van der Waals surface area contributed by atoms with E-state index >= 15 is 0 Å². The van der Waals surface area contributed by atoms with Gasteiger partial charge < -0.3 is 4.98 Å². The van der Waals surface area contributed by atoms with Crippen molar-refractivity contribution < 1.29 is 0 Å². The van der Waals surface area contributed by atoms with Crippen LogP contribution in [0, 0.1) is 5.92 Å². The molecule has 0 saturated carbocycles. The number of hydrogen-bond acceptors (Lipinski definition) is 0. The van der Waals surface area contributed by atoms with Crippen LogP contribution in [0.25, 0.3) is 17.0 Å². The van der Waals surface area contributed by atoms with Gasteiger partial charge in [0.05, 0.1) is 0 Å². The van der Waals surface area contributed by atoms with Gasteiger partial charge >= 0.3 is 0 Å². The molecule has 1 aliphatic carbocycles. The minimum Gasteiger partial charge on any atom is -0.355 e. The number of fused-ring (bicyclic) bond motifs is 3. The molecule has 1 nitrogen and oxygen atoms in total. The number of H-pyrrole nitrogens is 1. The molecule has 3 rings (SSSR count). The highest BCUT2D eigenvalue weighted by molar-refractivity contribution is 5.88. The molecule has 2 aromatic rings. The summed E-state index contributed by atoms with van der Waals surface area (Å²) < 4.78 is 0. The largest absolute Gasteiger partial charge is 0.355 e. The molecule has 1 aromatic carbocycles. The quantitative estimate of drug-likeness (QED) is 0.609. The van der Waals surface area contributed by atoms with Gasteiger partial charge in [0, 0.05) is 22.5 Å². The standard InChI is InChI=1S/C19H21N/c1-14-8-4-3-5-9-15(2)19-16-10-6-7-11-17(16)20-18(19)13-12-14/h4-15,20H,3H2,1-2H3/b8-4-,9-5-,13-12-. The van der Waals surface area contributed by atoms with Crippen LogP contribution in [0.15, 0.2) is 54.6 Å². The smallest absolute Gasteiger partial charge is 0.0461 e. The molecule has 0 bridgehead atoms. The minimum atomic E-state index is 0.424. The van der Waals surface area contributed by atoms with Crippen LogP contribution in [0.3, 0.4) is 0 Å². The summed E-state index contributed by atoms with van der Waals surface area (Å²) in [4.78, 5) is 3.56. The van der Waals surface area contributed by atoms with Crippen LogP contribution < -0.4 is 0 Å². The lowest BCUT2D eigenvalue weighted by atomic mass is 9.96. The number of hydrogen-bond donors (Lipinski definition) is 1. The first kappa shape index (κ1) is 13.0. The third-order valence-corrected chi connectivity index (χ3v) is 3.94. The van der Waals surface area contributed by atoms with Crippen LogP contribution >= 0.6 is 0 Å². The molecule has 0 fully saturated rings. The Morgan fingerprint density at radius 1 is 1.00 bits per heavy atom. The van der Waals surface area contributed by atoms with Gasteiger partial charge in [-0.2, -0.15) is 0 Å². The lowest BCUT2D eigenvalue weighted by Gasteiger charge is -2.07. The van der Waals surface area contributed by atoms with Crippen molar-refractivity contribution in [2.24, 2.45) is 5.92 Å². The molecule has 1 N–H and O–H groups in total. The number of allylic oxidation sites excluding steroid dienone is 5. The predicted molar refractivity (Wildman–Crippen MR) is 87.8 cm³/mol. The topological polar surface area (TPSA) is 15.8 Å². The van der Waals surface area contributed by atoms with Crippen molar-refractivity contribution in [1.29, 1.82) is 0 Å². The number of rotatable bonds is 0. The zero-order chi connectivity index (χ0) is 13.9. The van der Waals surface area contributed by atoms with Crippen molar-refractivity contribution >= 4 is 17.0 Å². The summed E-state index contributed by atoms with van der Waals surface area (Å²) in [6.07, 6.45) is 14.6. The van der Waals surface area contributed by atoms with Gasteiger partial charge in [0.25, 0.3) is 0 Å². The third-order valence-electron chi connectivity index (χ3n) is 3.94. The molecule has 0 amide bonds. The number of nitrogens with one attached hydrogen (secondary N) is 1. The van der Waals surface area contributed by atoms with E-state index in [1.807, 2.05) is 0 Å². The fraction of sp³-hybridized carbons (Fsp3) is 0.263. The van der Waals surface area contributed by atoms with E-state index in [9.17, 15) is 0 Å². The van der Waals surface area contributed by atoms with Crippen molar-refractivity contribution in [3.63, 3.8) is 0 Å². The van der Waals surface area contributed by atoms with Gasteiger partial charge in [0.2, 0.25) is 0 Å². The Bertz CT molecular complexity index is 685. The Morgan fingerprint density at radius 2 is 1.80 bits per heavy atom. The Labute approximate surface area is 120 Å². The maximum absolute atomic E-state index is 3.56. The second kappa shape index (κ2) is 5.54. The van der Waals surface area contributed by atoms with Crippen LogP contribution in [-0.4, -0.2) is 4.98 Å². The van der Waals surface area contributed by atoms with Gasteiger partial charge in [-0.1, -0.05) is 62.4 Å². The molecule has 2 unspecified atom stereocenters. The van der Waals surface area contributed by atoms with Gasteiger partial charge in [-0.15, -0.1) is 0 Å². The number of aromatic nitrogens is 1. The summed E-state index contributed by atoms with van der Waals surface area (Å²) in [5.74, 6) is 0.892. The van der Waals surface area contributed by atoms with Crippen LogP contribution in [0.4, 0.5) is 0 Å². The first-order chi connectivity index (χ1) is 9.75. The SMILES string of the molecule is CC1/C=C\C/C=C\C(C)c2c([nH]c3ccccc23)/C=C\1. The molecule has 0 saturated heterocycles. The Hall–Kier alpha value is -2.02. The van der Waals surface area contributed by atoms with E-state index in [2.05, 4.69) is 79.6 Å². The molecule has 2 atom stereocenters. The van der Waals surface area contributed by atoms with Crippen LogP contribution in [-0.2, 0) is 0 Å². The molecular formula is C19H21N. The van der Waals surface area contributed by atoms with Crippen molar-refractivity contribution in [3.05, 3.63) is 65.9 Å². The maximum atomic E-state index is 3.56. The molecule has 0 aliphatic heterocycles. The molecule has 1 heteroatoms. The number of benzene rings is 1. The molecule has 0 radical (unpaired) electrons. The van der Waals surface area contributed by atoms with Gasteiger partial charge in [-0.3, -0.25) is 0 Å². The van der Waals surface area contributed by atoms with E-state index in [1.165, 1.54) is 22.2 Å². The zero-order valence-electron chi connectivity index (χ0n) is 12.1.